The first-order valence-corrected chi connectivity index (χ1v) is 6.91. The number of aliphatic hydroxyl groups excluding tert-OH is 1. The van der Waals surface area contributed by atoms with Crippen LogP contribution in [0.5, 0.6) is 0 Å². The highest BCUT2D eigenvalue weighted by Crippen LogP contribution is 2.27. The third kappa shape index (κ3) is 2.08. The molecule has 0 radical (unpaired) electrons. The van der Waals surface area contributed by atoms with Gasteiger partial charge in [0, 0.05) is 23.3 Å². The molecule has 0 aliphatic carbocycles. The summed E-state index contributed by atoms with van der Waals surface area (Å²) in [5.74, 6) is 0. The standard InChI is InChI=1S/C18H14N2O/c21-18(15-4-6-17-13(11-15)7-9-20-17)14-3-5-16-12(10-14)2-1-8-19-16/h1-11,18,20-21H. The first kappa shape index (κ1) is 12.1. The molecule has 4 rings (SSSR count). The molecule has 1 unspecified atom stereocenters. The minimum absolute atomic E-state index is 0.631. The van der Waals surface area contributed by atoms with Crippen LogP contribution in [0.1, 0.15) is 17.2 Å². The monoisotopic (exact) mass is 274 g/mol. The summed E-state index contributed by atoms with van der Waals surface area (Å²) in [6, 6.07) is 17.8. The van der Waals surface area contributed by atoms with E-state index >= 15 is 0 Å². The number of aromatic amines is 1. The van der Waals surface area contributed by atoms with Gasteiger partial charge >= 0.3 is 0 Å². The second kappa shape index (κ2) is 4.72. The highest BCUT2D eigenvalue weighted by atomic mass is 16.3. The predicted octanol–water partition coefficient (Wildman–Crippen LogP) is 3.80. The number of benzene rings is 2. The van der Waals surface area contributed by atoms with Gasteiger partial charge in [0.05, 0.1) is 5.52 Å². The molecule has 3 heteroatoms. The third-order valence-corrected chi connectivity index (χ3v) is 3.84. The Kier molecular flexibility index (Phi) is 2.72. The van der Waals surface area contributed by atoms with Crippen molar-refractivity contribution in [3.8, 4) is 0 Å². The Morgan fingerprint density at radius 3 is 2.62 bits per heavy atom. The SMILES string of the molecule is OC(c1ccc2ncccc2c1)c1ccc2[nH]ccc2c1. The van der Waals surface area contributed by atoms with Crippen LogP contribution in [0.15, 0.2) is 67.0 Å². The molecular formula is C18H14N2O. The molecule has 0 bridgehead atoms. The summed E-state index contributed by atoms with van der Waals surface area (Å²) in [6.45, 7) is 0. The van der Waals surface area contributed by atoms with Crippen molar-refractivity contribution in [3.63, 3.8) is 0 Å². The largest absolute Gasteiger partial charge is 0.384 e. The highest BCUT2D eigenvalue weighted by Gasteiger charge is 2.12. The molecular weight excluding hydrogens is 260 g/mol. The van der Waals surface area contributed by atoms with E-state index in [2.05, 4.69) is 9.97 Å². The van der Waals surface area contributed by atoms with Gasteiger partial charge in [0.15, 0.2) is 0 Å². The minimum atomic E-state index is -0.631. The van der Waals surface area contributed by atoms with E-state index in [-0.39, 0.29) is 0 Å². The number of fused-ring (bicyclic) bond motifs is 2. The molecule has 2 aromatic carbocycles. The van der Waals surface area contributed by atoms with Gasteiger partial charge in [-0.25, -0.2) is 0 Å². The van der Waals surface area contributed by atoms with Crippen molar-refractivity contribution in [1.82, 2.24) is 9.97 Å². The van der Waals surface area contributed by atoms with Gasteiger partial charge in [-0.05, 0) is 52.9 Å². The van der Waals surface area contributed by atoms with Gasteiger partial charge in [-0.15, -0.1) is 0 Å². The van der Waals surface area contributed by atoms with Crippen molar-refractivity contribution in [2.45, 2.75) is 6.10 Å². The first-order valence-electron chi connectivity index (χ1n) is 6.91. The number of hydrogen-bond acceptors (Lipinski definition) is 2. The summed E-state index contributed by atoms with van der Waals surface area (Å²) >= 11 is 0. The Morgan fingerprint density at radius 1 is 0.905 bits per heavy atom. The molecule has 21 heavy (non-hydrogen) atoms. The maximum Gasteiger partial charge on any atom is 0.104 e. The van der Waals surface area contributed by atoms with E-state index < -0.39 is 6.10 Å². The highest BCUT2D eigenvalue weighted by molar-refractivity contribution is 5.81. The maximum atomic E-state index is 10.6. The molecule has 0 fully saturated rings. The van der Waals surface area contributed by atoms with E-state index in [9.17, 15) is 5.11 Å². The lowest BCUT2D eigenvalue weighted by Gasteiger charge is -2.12. The average molecular weight is 274 g/mol. The van der Waals surface area contributed by atoms with Crippen LogP contribution in [-0.2, 0) is 0 Å². The topological polar surface area (TPSA) is 48.9 Å². The molecule has 2 heterocycles. The summed E-state index contributed by atoms with van der Waals surface area (Å²) < 4.78 is 0. The molecule has 0 aliphatic heterocycles. The van der Waals surface area contributed by atoms with Crippen molar-refractivity contribution in [1.29, 1.82) is 0 Å². The van der Waals surface area contributed by atoms with Crippen molar-refractivity contribution < 1.29 is 5.11 Å². The smallest absolute Gasteiger partial charge is 0.104 e. The van der Waals surface area contributed by atoms with Crippen LogP contribution in [0.25, 0.3) is 21.8 Å². The molecule has 0 saturated heterocycles. The molecule has 0 amide bonds. The van der Waals surface area contributed by atoms with E-state index in [0.29, 0.717) is 0 Å². The van der Waals surface area contributed by atoms with Crippen LogP contribution in [0.3, 0.4) is 0 Å². The molecule has 2 aromatic heterocycles. The minimum Gasteiger partial charge on any atom is -0.384 e. The van der Waals surface area contributed by atoms with E-state index in [1.165, 1.54) is 0 Å². The van der Waals surface area contributed by atoms with E-state index in [4.69, 9.17) is 0 Å². The molecule has 1 atom stereocenters. The number of H-pyrrole nitrogens is 1. The third-order valence-electron chi connectivity index (χ3n) is 3.84. The van der Waals surface area contributed by atoms with E-state index in [1.807, 2.05) is 60.8 Å². The van der Waals surface area contributed by atoms with Crippen LogP contribution in [0.4, 0.5) is 0 Å². The fraction of sp³-hybridized carbons (Fsp3) is 0.0556. The van der Waals surface area contributed by atoms with Crippen LogP contribution >= 0.6 is 0 Å². The first-order chi connectivity index (χ1) is 10.3. The summed E-state index contributed by atoms with van der Waals surface area (Å²) in [7, 11) is 0. The van der Waals surface area contributed by atoms with Gasteiger partial charge < -0.3 is 10.1 Å². The van der Waals surface area contributed by atoms with Gasteiger partial charge in [-0.2, -0.15) is 0 Å². The van der Waals surface area contributed by atoms with Gasteiger partial charge in [-0.3, -0.25) is 4.98 Å². The molecule has 102 valence electrons. The Morgan fingerprint density at radius 2 is 1.71 bits per heavy atom. The molecule has 3 nitrogen and oxygen atoms in total. The van der Waals surface area contributed by atoms with E-state index in [0.717, 1.165) is 32.9 Å². The lowest BCUT2D eigenvalue weighted by molar-refractivity contribution is 0.220. The molecule has 0 spiro atoms. The predicted molar refractivity (Wildman–Crippen MR) is 84.1 cm³/mol. The fourth-order valence-electron chi connectivity index (χ4n) is 2.70. The summed E-state index contributed by atoms with van der Waals surface area (Å²) in [6.07, 6.45) is 3.05. The molecule has 0 aliphatic rings. The van der Waals surface area contributed by atoms with Crippen LogP contribution in [-0.4, -0.2) is 15.1 Å². The van der Waals surface area contributed by atoms with Crippen molar-refractivity contribution in [2.24, 2.45) is 0 Å². The van der Waals surface area contributed by atoms with Crippen molar-refractivity contribution in [2.75, 3.05) is 0 Å². The van der Waals surface area contributed by atoms with Crippen LogP contribution in [0.2, 0.25) is 0 Å². The number of rotatable bonds is 2. The Labute approximate surface area is 121 Å². The summed E-state index contributed by atoms with van der Waals surface area (Å²) in [4.78, 5) is 7.46. The Hall–Kier alpha value is -2.65. The number of aromatic nitrogens is 2. The quantitative estimate of drug-likeness (QED) is 0.584. The molecule has 0 saturated carbocycles. The number of nitrogens with one attached hydrogen (secondary N) is 1. The molecule has 2 N–H and O–H groups in total. The van der Waals surface area contributed by atoms with Crippen LogP contribution < -0.4 is 0 Å². The number of aliphatic hydroxyl groups is 1. The van der Waals surface area contributed by atoms with Gasteiger partial charge in [-0.1, -0.05) is 18.2 Å². The zero-order valence-electron chi connectivity index (χ0n) is 11.3. The summed E-state index contributed by atoms with van der Waals surface area (Å²) in [5, 5.41) is 12.8. The number of nitrogens with zero attached hydrogens (tertiary/aromatic N) is 1. The zero-order valence-corrected chi connectivity index (χ0v) is 11.3. The fourth-order valence-corrected chi connectivity index (χ4v) is 2.70. The maximum absolute atomic E-state index is 10.6. The second-order valence-corrected chi connectivity index (χ2v) is 5.18. The van der Waals surface area contributed by atoms with Gasteiger partial charge in [0.2, 0.25) is 0 Å². The van der Waals surface area contributed by atoms with Crippen LogP contribution in [0, 0.1) is 0 Å². The van der Waals surface area contributed by atoms with Crippen molar-refractivity contribution in [3.05, 3.63) is 78.1 Å². The lowest BCUT2D eigenvalue weighted by Crippen LogP contribution is -1.99. The van der Waals surface area contributed by atoms with Gasteiger partial charge in [0.25, 0.3) is 0 Å². The second-order valence-electron chi connectivity index (χ2n) is 5.18. The number of pyridine rings is 1. The van der Waals surface area contributed by atoms with Crippen molar-refractivity contribution >= 4 is 21.8 Å². The number of hydrogen-bond donors (Lipinski definition) is 2. The lowest BCUT2D eigenvalue weighted by atomic mass is 9.99. The molecule has 4 aromatic rings. The summed E-state index contributed by atoms with van der Waals surface area (Å²) in [5.41, 5.74) is 3.79. The Bertz CT molecular complexity index is 926. The normalized spacial score (nSPS) is 12.8. The van der Waals surface area contributed by atoms with E-state index in [1.54, 1.807) is 6.20 Å². The average Bonchev–Trinajstić information content (AvgIpc) is 3.01. The zero-order chi connectivity index (χ0) is 14.2. The Balaban J connectivity index is 1.79. The van der Waals surface area contributed by atoms with Gasteiger partial charge in [0.1, 0.15) is 6.10 Å².